The summed E-state index contributed by atoms with van der Waals surface area (Å²) in [6.07, 6.45) is 2.61. The maximum Gasteiger partial charge on any atom is 0.256 e. The van der Waals surface area contributed by atoms with E-state index in [9.17, 15) is 4.79 Å². The molecule has 1 aliphatic carbocycles. The molecule has 1 fully saturated rings. The van der Waals surface area contributed by atoms with Crippen LogP contribution < -0.4 is 11.3 Å². The molecular weight excluding hydrogens is 238 g/mol. The lowest BCUT2D eigenvalue weighted by Crippen LogP contribution is -2.24. The van der Waals surface area contributed by atoms with Gasteiger partial charge in [-0.05, 0) is 24.8 Å². The van der Waals surface area contributed by atoms with Gasteiger partial charge in [0.05, 0.1) is 11.0 Å². The SMILES string of the molecule is CCc1c(N)nc(C2(c3ccccc3)CC2)[nH]c1=O. The molecule has 0 radical (unpaired) electrons. The van der Waals surface area contributed by atoms with Crippen molar-refractivity contribution >= 4 is 5.82 Å². The third-order valence-electron chi connectivity index (χ3n) is 3.93. The maximum atomic E-state index is 12.0. The van der Waals surface area contributed by atoms with Crippen LogP contribution in [0.15, 0.2) is 35.1 Å². The first-order chi connectivity index (χ1) is 9.17. The van der Waals surface area contributed by atoms with Gasteiger partial charge in [-0.15, -0.1) is 0 Å². The lowest BCUT2D eigenvalue weighted by Gasteiger charge is -2.16. The fourth-order valence-corrected chi connectivity index (χ4v) is 2.63. The van der Waals surface area contributed by atoms with Gasteiger partial charge in [-0.3, -0.25) is 4.79 Å². The highest BCUT2D eigenvalue weighted by Crippen LogP contribution is 2.51. The van der Waals surface area contributed by atoms with Gasteiger partial charge in [-0.25, -0.2) is 4.98 Å². The van der Waals surface area contributed by atoms with Gasteiger partial charge in [0, 0.05) is 0 Å². The van der Waals surface area contributed by atoms with Crippen LogP contribution in [0.3, 0.4) is 0 Å². The minimum Gasteiger partial charge on any atom is -0.383 e. The summed E-state index contributed by atoms with van der Waals surface area (Å²) in [4.78, 5) is 19.4. The van der Waals surface area contributed by atoms with Crippen molar-refractivity contribution in [3.8, 4) is 0 Å². The Balaban J connectivity index is 2.11. The monoisotopic (exact) mass is 255 g/mol. The number of hydrogen-bond donors (Lipinski definition) is 2. The van der Waals surface area contributed by atoms with Gasteiger partial charge in [0.15, 0.2) is 0 Å². The molecule has 4 nitrogen and oxygen atoms in total. The zero-order chi connectivity index (χ0) is 13.5. The Labute approximate surface area is 111 Å². The molecule has 1 aromatic heterocycles. The summed E-state index contributed by atoms with van der Waals surface area (Å²) < 4.78 is 0. The first-order valence-electron chi connectivity index (χ1n) is 6.62. The number of anilines is 1. The second kappa shape index (κ2) is 4.23. The first kappa shape index (κ1) is 12.0. The molecule has 1 aromatic carbocycles. The van der Waals surface area contributed by atoms with Crippen LogP contribution in [0, 0.1) is 0 Å². The molecule has 0 atom stereocenters. The molecule has 2 aromatic rings. The normalized spacial score (nSPS) is 16.3. The molecule has 98 valence electrons. The Morgan fingerprint density at radius 2 is 2.00 bits per heavy atom. The second-order valence-electron chi connectivity index (χ2n) is 5.08. The topological polar surface area (TPSA) is 71.8 Å². The molecule has 1 aliphatic rings. The lowest BCUT2D eigenvalue weighted by molar-refractivity contribution is 0.743. The van der Waals surface area contributed by atoms with Crippen LogP contribution in [0.5, 0.6) is 0 Å². The van der Waals surface area contributed by atoms with Gasteiger partial charge in [-0.1, -0.05) is 37.3 Å². The van der Waals surface area contributed by atoms with Crippen LogP contribution in [0.1, 0.15) is 36.7 Å². The van der Waals surface area contributed by atoms with Crippen molar-refractivity contribution in [2.24, 2.45) is 0 Å². The smallest absolute Gasteiger partial charge is 0.256 e. The Bertz CT molecular complexity index is 657. The number of nitrogens with one attached hydrogen (secondary N) is 1. The Hall–Kier alpha value is -2.10. The Morgan fingerprint density at radius 3 is 2.53 bits per heavy atom. The summed E-state index contributed by atoms with van der Waals surface area (Å²) in [6, 6.07) is 10.2. The predicted molar refractivity (Wildman–Crippen MR) is 75.1 cm³/mol. The van der Waals surface area contributed by atoms with E-state index >= 15 is 0 Å². The van der Waals surface area contributed by atoms with Crippen LogP contribution in [0.2, 0.25) is 0 Å². The quantitative estimate of drug-likeness (QED) is 0.881. The van der Waals surface area contributed by atoms with Crippen molar-refractivity contribution in [3.05, 3.63) is 57.6 Å². The van der Waals surface area contributed by atoms with E-state index < -0.39 is 0 Å². The van der Waals surface area contributed by atoms with E-state index in [2.05, 4.69) is 22.1 Å². The minimum atomic E-state index is -0.138. The van der Waals surface area contributed by atoms with Gasteiger partial charge in [0.1, 0.15) is 11.6 Å². The Morgan fingerprint density at radius 1 is 1.32 bits per heavy atom. The van der Waals surface area contributed by atoms with E-state index in [-0.39, 0.29) is 11.0 Å². The highest BCUT2D eigenvalue weighted by atomic mass is 16.1. The molecule has 0 unspecified atom stereocenters. The van der Waals surface area contributed by atoms with Crippen molar-refractivity contribution < 1.29 is 0 Å². The average Bonchev–Trinajstić information content (AvgIpc) is 3.21. The second-order valence-corrected chi connectivity index (χ2v) is 5.08. The number of benzene rings is 1. The maximum absolute atomic E-state index is 12.0. The molecule has 3 N–H and O–H groups in total. The highest BCUT2D eigenvalue weighted by Gasteiger charge is 2.48. The Kier molecular flexibility index (Phi) is 2.66. The number of rotatable bonds is 3. The standard InChI is InChI=1S/C15H17N3O/c1-2-11-12(16)17-14(18-13(11)19)15(8-9-15)10-6-4-3-5-7-10/h3-7H,2,8-9H2,1H3,(H3,16,17,18,19). The summed E-state index contributed by atoms with van der Waals surface area (Å²) in [5, 5.41) is 0. The van der Waals surface area contributed by atoms with Gasteiger partial charge in [-0.2, -0.15) is 0 Å². The summed E-state index contributed by atoms with van der Waals surface area (Å²) in [5.74, 6) is 1.07. The largest absolute Gasteiger partial charge is 0.383 e. The minimum absolute atomic E-state index is 0.104. The van der Waals surface area contributed by atoms with E-state index in [4.69, 9.17) is 5.73 Å². The number of aromatic nitrogens is 2. The first-order valence-corrected chi connectivity index (χ1v) is 6.62. The number of aromatic amines is 1. The van der Waals surface area contributed by atoms with Crippen molar-refractivity contribution in [3.63, 3.8) is 0 Å². The highest BCUT2D eigenvalue weighted by molar-refractivity contribution is 5.44. The molecule has 0 aliphatic heterocycles. The fraction of sp³-hybridized carbons (Fsp3) is 0.333. The number of nitrogens with zero attached hydrogens (tertiary/aromatic N) is 1. The molecule has 3 rings (SSSR count). The van der Waals surface area contributed by atoms with E-state index in [1.807, 2.05) is 25.1 Å². The van der Waals surface area contributed by atoms with E-state index in [1.54, 1.807) is 0 Å². The molecule has 0 saturated heterocycles. The summed E-state index contributed by atoms with van der Waals surface area (Å²) in [6.45, 7) is 1.91. The van der Waals surface area contributed by atoms with Crippen molar-refractivity contribution in [1.29, 1.82) is 0 Å². The number of H-pyrrole nitrogens is 1. The van der Waals surface area contributed by atoms with Crippen LogP contribution in [0.25, 0.3) is 0 Å². The van der Waals surface area contributed by atoms with Gasteiger partial charge >= 0.3 is 0 Å². The zero-order valence-corrected chi connectivity index (χ0v) is 10.9. The van der Waals surface area contributed by atoms with Gasteiger partial charge < -0.3 is 10.7 Å². The number of nitrogens with two attached hydrogens (primary N) is 1. The van der Waals surface area contributed by atoms with E-state index in [0.717, 1.165) is 12.8 Å². The predicted octanol–water partition coefficient (Wildman–Crippen LogP) is 1.99. The summed E-state index contributed by atoms with van der Waals surface area (Å²) in [5.41, 5.74) is 7.43. The van der Waals surface area contributed by atoms with Crippen LogP contribution in [0.4, 0.5) is 5.82 Å². The van der Waals surface area contributed by atoms with Gasteiger partial charge in [0.2, 0.25) is 0 Å². The molecule has 0 spiro atoms. The number of nitrogen functional groups attached to an aromatic ring is 1. The molecule has 4 heteroatoms. The molecular formula is C15H17N3O. The third kappa shape index (κ3) is 1.84. The number of hydrogen-bond acceptors (Lipinski definition) is 3. The molecule has 19 heavy (non-hydrogen) atoms. The average molecular weight is 255 g/mol. The van der Waals surface area contributed by atoms with Crippen LogP contribution >= 0.6 is 0 Å². The molecule has 1 heterocycles. The lowest BCUT2D eigenvalue weighted by atomic mass is 9.95. The third-order valence-corrected chi connectivity index (χ3v) is 3.93. The summed E-state index contributed by atoms with van der Waals surface area (Å²) >= 11 is 0. The van der Waals surface area contributed by atoms with Gasteiger partial charge in [0.25, 0.3) is 5.56 Å². The zero-order valence-electron chi connectivity index (χ0n) is 10.9. The molecule has 1 saturated carbocycles. The van der Waals surface area contributed by atoms with E-state index in [0.29, 0.717) is 23.6 Å². The van der Waals surface area contributed by atoms with Crippen LogP contribution in [-0.2, 0) is 11.8 Å². The molecule has 0 bridgehead atoms. The summed E-state index contributed by atoms with van der Waals surface area (Å²) in [7, 11) is 0. The van der Waals surface area contributed by atoms with Crippen molar-refractivity contribution in [2.45, 2.75) is 31.6 Å². The van der Waals surface area contributed by atoms with E-state index in [1.165, 1.54) is 5.56 Å². The van der Waals surface area contributed by atoms with Crippen molar-refractivity contribution in [1.82, 2.24) is 9.97 Å². The van der Waals surface area contributed by atoms with Crippen LogP contribution in [-0.4, -0.2) is 9.97 Å². The molecule has 0 amide bonds. The van der Waals surface area contributed by atoms with Crippen molar-refractivity contribution in [2.75, 3.05) is 5.73 Å². The fourth-order valence-electron chi connectivity index (χ4n) is 2.63.